The van der Waals surface area contributed by atoms with E-state index in [2.05, 4.69) is 140 Å². The summed E-state index contributed by atoms with van der Waals surface area (Å²) in [4.78, 5) is 10.1. The Morgan fingerprint density at radius 2 is 1.02 bits per heavy atom. The van der Waals surface area contributed by atoms with Gasteiger partial charge in [-0.2, -0.15) is 0 Å². The Morgan fingerprint density at radius 3 is 1.48 bits per heavy atom. The van der Waals surface area contributed by atoms with Gasteiger partial charge < -0.3 is 4.57 Å². The van der Waals surface area contributed by atoms with Crippen LogP contribution in [0.25, 0.3) is 60.9 Å². The zero-order valence-corrected chi connectivity index (χ0v) is 27.1. The lowest BCUT2D eigenvalue weighted by atomic mass is 9.34. The summed E-state index contributed by atoms with van der Waals surface area (Å²) in [7, 11) is 0. The van der Waals surface area contributed by atoms with Crippen LogP contribution in [0, 0.1) is 0 Å². The first-order valence-corrected chi connectivity index (χ1v) is 16.3. The predicted octanol–water partition coefficient (Wildman–Crippen LogP) is 7.20. The lowest BCUT2D eigenvalue weighted by Crippen LogP contribution is -2.59. The lowest BCUT2D eigenvalue weighted by molar-refractivity contribution is 0.591. The van der Waals surface area contributed by atoms with Gasteiger partial charge in [-0.3, -0.25) is 9.13 Å². The molecule has 0 amide bonds. The van der Waals surface area contributed by atoms with Gasteiger partial charge in [0.25, 0.3) is 6.71 Å². The molecule has 2 aliphatic rings. The number of imidazole rings is 2. The largest absolute Gasteiger partial charge is 0.309 e. The molecule has 6 heteroatoms. The molecule has 0 unspecified atom stereocenters. The third-order valence-corrected chi connectivity index (χ3v) is 10.5. The highest BCUT2D eigenvalue weighted by Crippen LogP contribution is 2.37. The van der Waals surface area contributed by atoms with Gasteiger partial charge in [0.05, 0.1) is 38.8 Å². The molecule has 2 aliphatic heterocycles. The predicted molar refractivity (Wildman–Crippen MR) is 192 cm³/mol. The molecule has 5 heterocycles. The third-order valence-electron chi connectivity index (χ3n) is 10.5. The summed E-state index contributed by atoms with van der Waals surface area (Å²) in [6, 6.07) is 31.8. The number of aromatic nitrogens is 5. The molecular formula is C40H34BN5. The Morgan fingerprint density at radius 1 is 0.565 bits per heavy atom. The van der Waals surface area contributed by atoms with E-state index in [0.717, 1.165) is 16.7 Å². The fourth-order valence-corrected chi connectivity index (χ4v) is 8.14. The van der Waals surface area contributed by atoms with Crippen LogP contribution in [0.5, 0.6) is 0 Å². The second-order valence-corrected chi connectivity index (χ2v) is 15.3. The summed E-state index contributed by atoms with van der Waals surface area (Å²) < 4.78 is 7.11. The van der Waals surface area contributed by atoms with Crippen molar-refractivity contribution in [3.8, 4) is 17.1 Å². The van der Waals surface area contributed by atoms with Crippen LogP contribution in [0.2, 0.25) is 0 Å². The van der Waals surface area contributed by atoms with Crippen molar-refractivity contribution in [2.75, 3.05) is 0 Å². The average molecular weight is 596 g/mol. The molecule has 5 aromatic carbocycles. The number of nitrogens with zero attached hydrogens (tertiary/aromatic N) is 5. The first-order chi connectivity index (χ1) is 22.1. The van der Waals surface area contributed by atoms with Crippen molar-refractivity contribution in [1.82, 2.24) is 23.7 Å². The molecule has 10 rings (SSSR count). The second-order valence-electron chi connectivity index (χ2n) is 15.3. The second kappa shape index (κ2) is 8.38. The van der Waals surface area contributed by atoms with Crippen molar-refractivity contribution >= 4 is 67.0 Å². The number of hydrogen-bond donors (Lipinski definition) is 0. The molecule has 5 nitrogen and oxygen atoms in total. The van der Waals surface area contributed by atoms with E-state index < -0.39 is 0 Å². The first kappa shape index (κ1) is 26.2. The smallest absolute Gasteiger partial charge is 0.252 e. The van der Waals surface area contributed by atoms with Crippen molar-refractivity contribution < 1.29 is 0 Å². The summed E-state index contributed by atoms with van der Waals surface area (Å²) in [6.45, 7) is 13.9. The fraction of sp³-hybridized carbons (Fsp3) is 0.200. The molecule has 0 bridgehead atoms. The van der Waals surface area contributed by atoms with E-state index in [1.54, 1.807) is 0 Å². The van der Waals surface area contributed by atoms with Gasteiger partial charge in [0, 0.05) is 22.1 Å². The molecule has 0 radical (unpaired) electrons. The molecule has 0 aliphatic carbocycles. The zero-order chi connectivity index (χ0) is 31.3. The standard InChI is InChI=1S/C40H34BN5/c1-39(2,3)23-15-28-37-30(17-23)42-21-44(37)34-19-25(46-32-13-9-7-11-26(32)27-12-8-10-14-33(27)46)20-35-36(34)41(28)29-16-24(40(4,5)6)18-31-38(29)45(35)22-43-31/h7-22H,1-6H3. The molecule has 0 fully saturated rings. The molecule has 8 aromatic rings. The average Bonchev–Trinajstić information content (AvgIpc) is 3.74. The Hall–Kier alpha value is -5.10. The van der Waals surface area contributed by atoms with E-state index in [9.17, 15) is 0 Å². The normalized spacial score (nSPS) is 13.8. The van der Waals surface area contributed by atoms with Gasteiger partial charge in [0.1, 0.15) is 12.7 Å². The van der Waals surface area contributed by atoms with Crippen molar-refractivity contribution in [2.45, 2.75) is 52.4 Å². The van der Waals surface area contributed by atoms with Crippen LogP contribution in [0.3, 0.4) is 0 Å². The topological polar surface area (TPSA) is 40.6 Å². The Kier molecular flexibility index (Phi) is 4.76. The van der Waals surface area contributed by atoms with Crippen LogP contribution in [0.1, 0.15) is 52.7 Å². The Balaban J connectivity index is 1.38. The quantitative estimate of drug-likeness (QED) is 0.189. The van der Waals surface area contributed by atoms with Gasteiger partial charge in [-0.1, -0.05) is 90.1 Å². The van der Waals surface area contributed by atoms with Gasteiger partial charge in [-0.25, -0.2) is 9.97 Å². The number of hydrogen-bond acceptors (Lipinski definition) is 2. The number of para-hydroxylation sites is 2. The van der Waals surface area contributed by atoms with Crippen LogP contribution in [-0.4, -0.2) is 30.4 Å². The SMILES string of the molecule is CC(C)(C)c1cc2c3c(c1)ncn3-c1cc(-n3c4ccccc4c4ccccc43)cc3c1B2c1cc(C(C)(C)C)cc2ncn-3c12. The summed E-state index contributed by atoms with van der Waals surface area (Å²) >= 11 is 0. The van der Waals surface area contributed by atoms with E-state index in [1.165, 1.54) is 71.7 Å². The number of benzene rings is 5. The highest BCUT2D eigenvalue weighted by atomic mass is 15.1. The minimum Gasteiger partial charge on any atom is -0.309 e. The molecular weight excluding hydrogens is 561 g/mol. The molecule has 46 heavy (non-hydrogen) atoms. The molecule has 0 saturated heterocycles. The van der Waals surface area contributed by atoms with Crippen LogP contribution in [0.4, 0.5) is 0 Å². The Labute approximate surface area is 268 Å². The molecule has 0 spiro atoms. The van der Waals surface area contributed by atoms with E-state index in [4.69, 9.17) is 9.97 Å². The monoisotopic (exact) mass is 595 g/mol. The summed E-state index contributed by atoms with van der Waals surface area (Å²) in [6.07, 6.45) is 4.07. The van der Waals surface area contributed by atoms with Gasteiger partial charge in [0.2, 0.25) is 0 Å². The first-order valence-electron chi connectivity index (χ1n) is 16.3. The van der Waals surface area contributed by atoms with Crippen LogP contribution in [0.15, 0.2) is 97.6 Å². The van der Waals surface area contributed by atoms with Gasteiger partial charge in [-0.15, -0.1) is 0 Å². The highest BCUT2D eigenvalue weighted by molar-refractivity contribution is 7.00. The van der Waals surface area contributed by atoms with E-state index >= 15 is 0 Å². The minimum absolute atomic E-state index is 0.00299. The highest BCUT2D eigenvalue weighted by Gasteiger charge is 2.41. The van der Waals surface area contributed by atoms with Crippen LogP contribution in [-0.2, 0) is 10.8 Å². The van der Waals surface area contributed by atoms with Gasteiger partial charge in [0.15, 0.2) is 0 Å². The summed E-state index contributed by atoms with van der Waals surface area (Å²) in [5.41, 5.74) is 17.0. The number of rotatable bonds is 1. The molecule has 0 N–H and O–H groups in total. The maximum Gasteiger partial charge on any atom is 0.252 e. The van der Waals surface area contributed by atoms with Crippen molar-refractivity contribution in [3.63, 3.8) is 0 Å². The molecule has 222 valence electrons. The van der Waals surface area contributed by atoms with Crippen molar-refractivity contribution in [1.29, 1.82) is 0 Å². The van der Waals surface area contributed by atoms with E-state index in [1.807, 2.05) is 12.7 Å². The summed E-state index contributed by atoms with van der Waals surface area (Å²) in [5, 5.41) is 2.52. The lowest BCUT2D eigenvalue weighted by Gasteiger charge is -2.34. The fourth-order valence-electron chi connectivity index (χ4n) is 8.14. The number of fused-ring (bicyclic) bond motifs is 7. The third kappa shape index (κ3) is 3.26. The Bertz CT molecular complexity index is 2440. The summed E-state index contributed by atoms with van der Waals surface area (Å²) in [5.74, 6) is 0. The molecule has 0 atom stereocenters. The molecule has 3 aromatic heterocycles. The van der Waals surface area contributed by atoms with Crippen LogP contribution >= 0.6 is 0 Å². The zero-order valence-electron chi connectivity index (χ0n) is 27.1. The van der Waals surface area contributed by atoms with Crippen molar-refractivity contribution in [2.24, 2.45) is 0 Å². The van der Waals surface area contributed by atoms with E-state index in [-0.39, 0.29) is 17.5 Å². The molecule has 0 saturated carbocycles. The maximum atomic E-state index is 5.05. The maximum absolute atomic E-state index is 5.05. The van der Waals surface area contributed by atoms with Gasteiger partial charge >= 0.3 is 0 Å². The van der Waals surface area contributed by atoms with Crippen LogP contribution < -0.4 is 16.4 Å². The van der Waals surface area contributed by atoms with E-state index in [0.29, 0.717) is 0 Å². The van der Waals surface area contributed by atoms with Gasteiger partial charge in [-0.05, 0) is 74.7 Å². The minimum atomic E-state index is -0.00299. The van der Waals surface area contributed by atoms with Crippen molar-refractivity contribution in [3.05, 3.63) is 109 Å².